The first-order chi connectivity index (χ1) is 13.8. The highest BCUT2D eigenvalue weighted by Gasteiger charge is 2.18. The first kappa shape index (κ1) is 21.4. The second-order valence-corrected chi connectivity index (χ2v) is 6.13. The fraction of sp³-hybridized carbons (Fsp3) is 0.211. The predicted molar refractivity (Wildman–Crippen MR) is 106 cm³/mol. The van der Waals surface area contributed by atoms with Gasteiger partial charge in [0, 0.05) is 36.6 Å². The highest BCUT2D eigenvalue weighted by Crippen LogP contribution is 2.15. The van der Waals surface area contributed by atoms with Crippen LogP contribution >= 0.6 is 0 Å². The number of carbonyl (C=O) groups excluding carboxylic acids is 2. The quantitative estimate of drug-likeness (QED) is 0.274. The van der Waals surface area contributed by atoms with Crippen molar-refractivity contribution in [2.24, 2.45) is 5.73 Å². The van der Waals surface area contributed by atoms with Crippen LogP contribution in [0.5, 0.6) is 0 Å². The zero-order valence-electron chi connectivity index (χ0n) is 15.5. The molecular formula is C19H22N6O4. The average molecular weight is 398 g/mol. The van der Waals surface area contributed by atoms with E-state index < -0.39 is 23.9 Å². The number of nitrogen functional groups attached to an aromatic ring is 1. The monoisotopic (exact) mass is 398 g/mol. The minimum atomic E-state index is -1.05. The Kier molecular flexibility index (Phi) is 7.66. The summed E-state index contributed by atoms with van der Waals surface area (Å²) in [5, 5.41) is 24.1. The van der Waals surface area contributed by atoms with Gasteiger partial charge in [0.25, 0.3) is 0 Å². The van der Waals surface area contributed by atoms with Crippen molar-refractivity contribution in [2.45, 2.75) is 18.9 Å². The number of aliphatic carboxylic acids is 1. The highest BCUT2D eigenvalue weighted by atomic mass is 16.4. The first-order valence-corrected chi connectivity index (χ1v) is 8.75. The standard InChI is InChI=1S/C19H22N6O4/c20-18(21)12-3-5-14(6-4-12)24-19(29)23-9-7-16(26)25-15(10-17(27)28)13-2-1-8-22-11-13/h1-6,8,11,15H,7,9-10H2,(H3,20,21)(H,25,26)(H,27,28)(H2,23,24,29). The molecule has 152 valence electrons. The smallest absolute Gasteiger partial charge is 0.319 e. The molecule has 0 radical (unpaired) electrons. The lowest BCUT2D eigenvalue weighted by Gasteiger charge is -2.17. The second kappa shape index (κ2) is 10.4. The van der Waals surface area contributed by atoms with E-state index in [1.807, 2.05) is 0 Å². The number of nitrogens with two attached hydrogens (primary N) is 1. The first-order valence-electron chi connectivity index (χ1n) is 8.75. The molecule has 0 spiro atoms. The summed E-state index contributed by atoms with van der Waals surface area (Å²) in [6.07, 6.45) is 2.75. The molecule has 0 aliphatic carbocycles. The van der Waals surface area contributed by atoms with Crippen LogP contribution in [0.15, 0.2) is 48.8 Å². The minimum Gasteiger partial charge on any atom is -0.481 e. The van der Waals surface area contributed by atoms with E-state index in [-0.39, 0.29) is 25.2 Å². The van der Waals surface area contributed by atoms with E-state index in [2.05, 4.69) is 20.9 Å². The number of amidine groups is 1. The SMILES string of the molecule is N=C(N)c1ccc(NC(=O)NCCC(=O)NC(CC(=O)O)c2cccnc2)cc1. The molecule has 0 aliphatic rings. The minimum absolute atomic E-state index is 0.0208. The van der Waals surface area contributed by atoms with E-state index in [1.165, 1.54) is 6.20 Å². The summed E-state index contributed by atoms with van der Waals surface area (Å²) in [6, 6.07) is 8.56. The summed E-state index contributed by atoms with van der Waals surface area (Å²) < 4.78 is 0. The Bertz CT molecular complexity index is 870. The van der Waals surface area contributed by atoms with Crippen molar-refractivity contribution in [3.8, 4) is 0 Å². The number of carbonyl (C=O) groups is 3. The molecule has 0 saturated carbocycles. The Hall–Kier alpha value is -3.95. The Morgan fingerprint density at radius 1 is 1.17 bits per heavy atom. The number of rotatable bonds is 9. The van der Waals surface area contributed by atoms with Crippen molar-refractivity contribution in [2.75, 3.05) is 11.9 Å². The lowest BCUT2D eigenvalue weighted by atomic mass is 10.1. The third kappa shape index (κ3) is 7.29. The number of pyridine rings is 1. The Labute approximate surface area is 167 Å². The van der Waals surface area contributed by atoms with Gasteiger partial charge in [-0.3, -0.25) is 20.0 Å². The average Bonchev–Trinajstić information content (AvgIpc) is 2.68. The van der Waals surface area contributed by atoms with Crippen molar-refractivity contribution >= 4 is 29.4 Å². The molecule has 10 nitrogen and oxygen atoms in total. The maximum atomic E-state index is 12.1. The predicted octanol–water partition coefficient (Wildman–Crippen LogP) is 1.21. The Morgan fingerprint density at radius 2 is 1.90 bits per heavy atom. The van der Waals surface area contributed by atoms with Crippen molar-refractivity contribution in [1.29, 1.82) is 5.41 Å². The molecule has 1 aromatic heterocycles. The molecule has 7 N–H and O–H groups in total. The Morgan fingerprint density at radius 3 is 2.48 bits per heavy atom. The van der Waals surface area contributed by atoms with Gasteiger partial charge in [0.05, 0.1) is 12.5 Å². The van der Waals surface area contributed by atoms with E-state index in [9.17, 15) is 14.4 Å². The number of anilines is 1. The largest absolute Gasteiger partial charge is 0.481 e. The van der Waals surface area contributed by atoms with E-state index in [0.717, 1.165) is 0 Å². The summed E-state index contributed by atoms with van der Waals surface area (Å²) in [5.74, 6) is -1.52. The van der Waals surface area contributed by atoms with E-state index in [4.69, 9.17) is 16.2 Å². The molecule has 1 heterocycles. The van der Waals surface area contributed by atoms with E-state index in [1.54, 1.807) is 42.6 Å². The molecule has 2 aromatic rings. The molecule has 1 aromatic carbocycles. The molecule has 0 saturated heterocycles. The van der Waals surface area contributed by atoms with Crippen LogP contribution in [0.4, 0.5) is 10.5 Å². The molecule has 1 atom stereocenters. The normalized spacial score (nSPS) is 11.2. The van der Waals surface area contributed by atoms with Crippen LogP contribution < -0.4 is 21.7 Å². The number of carboxylic acid groups (broad SMARTS) is 1. The van der Waals surface area contributed by atoms with Crippen LogP contribution in [-0.4, -0.2) is 40.4 Å². The topological polar surface area (TPSA) is 170 Å². The third-order valence-corrected chi connectivity index (χ3v) is 3.89. The number of nitrogens with zero attached hydrogens (tertiary/aromatic N) is 1. The maximum Gasteiger partial charge on any atom is 0.319 e. The molecular weight excluding hydrogens is 376 g/mol. The molecule has 29 heavy (non-hydrogen) atoms. The zero-order chi connectivity index (χ0) is 21.2. The molecule has 10 heteroatoms. The van der Waals surface area contributed by atoms with Crippen molar-refractivity contribution in [3.05, 3.63) is 59.9 Å². The van der Waals surface area contributed by atoms with E-state index >= 15 is 0 Å². The van der Waals surface area contributed by atoms with Gasteiger partial charge in [-0.25, -0.2) is 4.79 Å². The van der Waals surface area contributed by atoms with Crippen LogP contribution in [0.25, 0.3) is 0 Å². The Balaban J connectivity index is 1.79. The fourth-order valence-electron chi connectivity index (χ4n) is 2.47. The molecule has 0 bridgehead atoms. The summed E-state index contributed by atoms with van der Waals surface area (Å²) in [6.45, 7) is 0.0655. The van der Waals surface area contributed by atoms with Gasteiger partial charge < -0.3 is 26.8 Å². The summed E-state index contributed by atoms with van der Waals surface area (Å²) in [4.78, 5) is 39.0. The van der Waals surface area contributed by atoms with E-state index in [0.29, 0.717) is 16.8 Å². The number of hydrogen-bond acceptors (Lipinski definition) is 5. The van der Waals surface area contributed by atoms with Crippen molar-refractivity contribution < 1.29 is 19.5 Å². The zero-order valence-corrected chi connectivity index (χ0v) is 15.5. The highest BCUT2D eigenvalue weighted by molar-refractivity contribution is 5.96. The van der Waals surface area contributed by atoms with Gasteiger partial charge in [-0.1, -0.05) is 6.07 Å². The lowest BCUT2D eigenvalue weighted by Crippen LogP contribution is -2.35. The van der Waals surface area contributed by atoms with Crippen molar-refractivity contribution in [1.82, 2.24) is 15.6 Å². The summed E-state index contributed by atoms with van der Waals surface area (Å²) in [5.41, 5.74) is 7.00. The van der Waals surface area contributed by atoms with Crippen molar-refractivity contribution in [3.63, 3.8) is 0 Å². The number of aromatic nitrogens is 1. The van der Waals surface area contributed by atoms with Crippen LogP contribution in [0.2, 0.25) is 0 Å². The maximum absolute atomic E-state index is 12.1. The third-order valence-electron chi connectivity index (χ3n) is 3.89. The molecule has 0 fully saturated rings. The number of amides is 3. The number of carboxylic acids is 1. The fourth-order valence-corrected chi connectivity index (χ4v) is 2.47. The number of urea groups is 1. The summed E-state index contributed by atoms with van der Waals surface area (Å²) >= 11 is 0. The molecule has 0 aliphatic heterocycles. The number of hydrogen-bond donors (Lipinski definition) is 6. The van der Waals surface area contributed by atoms with Gasteiger partial charge in [0.15, 0.2) is 0 Å². The molecule has 3 amide bonds. The van der Waals surface area contributed by atoms with Gasteiger partial charge >= 0.3 is 12.0 Å². The van der Waals surface area contributed by atoms with Crippen LogP contribution in [0, 0.1) is 5.41 Å². The van der Waals surface area contributed by atoms with Crippen LogP contribution in [0.3, 0.4) is 0 Å². The number of nitrogens with one attached hydrogen (secondary N) is 4. The lowest BCUT2D eigenvalue weighted by molar-refractivity contribution is -0.137. The van der Waals surface area contributed by atoms with Gasteiger partial charge in [-0.15, -0.1) is 0 Å². The van der Waals surface area contributed by atoms with Gasteiger partial charge in [-0.2, -0.15) is 0 Å². The van der Waals surface area contributed by atoms with Crippen LogP contribution in [0.1, 0.15) is 30.0 Å². The van der Waals surface area contributed by atoms with Gasteiger partial charge in [-0.05, 0) is 35.9 Å². The second-order valence-electron chi connectivity index (χ2n) is 6.13. The van der Waals surface area contributed by atoms with Gasteiger partial charge in [0.2, 0.25) is 5.91 Å². The van der Waals surface area contributed by atoms with Gasteiger partial charge in [0.1, 0.15) is 5.84 Å². The summed E-state index contributed by atoms with van der Waals surface area (Å²) in [7, 11) is 0. The number of benzene rings is 1. The van der Waals surface area contributed by atoms with Crippen LogP contribution in [-0.2, 0) is 9.59 Å². The molecule has 1 unspecified atom stereocenters. The molecule has 2 rings (SSSR count).